The van der Waals surface area contributed by atoms with Crippen LogP contribution in [0.4, 0.5) is 18.9 Å². The highest BCUT2D eigenvalue weighted by atomic mass is 35.5. The number of benzene rings is 2. The Kier molecular flexibility index (Phi) is 5.90. The fourth-order valence-electron chi connectivity index (χ4n) is 4.31. The lowest BCUT2D eigenvalue weighted by molar-refractivity contribution is -0.137. The van der Waals surface area contributed by atoms with E-state index in [4.69, 9.17) is 23.8 Å². The third-order valence-electron chi connectivity index (χ3n) is 5.83. The number of hydrogen-bond donors (Lipinski definition) is 2. The van der Waals surface area contributed by atoms with Gasteiger partial charge in [-0.05, 0) is 72.9 Å². The van der Waals surface area contributed by atoms with Crippen LogP contribution in [0.1, 0.15) is 29.0 Å². The molecule has 5 nitrogen and oxygen atoms in total. The quantitative estimate of drug-likeness (QED) is 0.307. The Bertz CT molecular complexity index is 1390. The predicted molar refractivity (Wildman–Crippen MR) is 132 cm³/mol. The van der Waals surface area contributed by atoms with Gasteiger partial charge in [0.2, 0.25) is 0 Å². The maximum Gasteiger partial charge on any atom is 0.416 e. The number of phenolic OH excluding ortho intramolecular Hbond substituents is 1. The average molecular weight is 515 g/mol. The fourth-order valence-corrected chi connectivity index (χ4v) is 4.81. The Morgan fingerprint density at radius 2 is 1.83 bits per heavy atom. The van der Waals surface area contributed by atoms with Crippen LogP contribution in [0.3, 0.4) is 0 Å². The zero-order valence-electron chi connectivity index (χ0n) is 17.9. The lowest BCUT2D eigenvalue weighted by Crippen LogP contribution is -2.30. The van der Waals surface area contributed by atoms with Gasteiger partial charge in [-0.1, -0.05) is 23.7 Å². The molecule has 2 atom stereocenters. The zero-order chi connectivity index (χ0) is 24.7. The first-order chi connectivity index (χ1) is 16.7. The molecule has 5 rings (SSSR count). The van der Waals surface area contributed by atoms with Crippen LogP contribution in [0, 0.1) is 0 Å². The van der Waals surface area contributed by atoms with E-state index in [-0.39, 0.29) is 5.75 Å². The molecule has 35 heavy (non-hydrogen) atoms. The van der Waals surface area contributed by atoms with Crippen molar-refractivity contribution in [1.82, 2.24) is 14.9 Å². The van der Waals surface area contributed by atoms with Gasteiger partial charge in [0, 0.05) is 28.8 Å². The summed E-state index contributed by atoms with van der Waals surface area (Å²) in [6.45, 7) is 0. The molecule has 3 heterocycles. The first-order valence-corrected chi connectivity index (χ1v) is 11.4. The second-order valence-electron chi connectivity index (χ2n) is 7.98. The number of aromatic hydroxyl groups is 1. The number of anilines is 1. The predicted octanol–water partition coefficient (Wildman–Crippen LogP) is 6.43. The molecule has 1 aliphatic heterocycles. The van der Waals surface area contributed by atoms with Gasteiger partial charge < -0.3 is 19.9 Å². The van der Waals surface area contributed by atoms with Gasteiger partial charge in [-0.25, -0.2) is 0 Å². The Morgan fingerprint density at radius 1 is 1.00 bits per heavy atom. The molecule has 1 fully saturated rings. The second kappa shape index (κ2) is 8.90. The van der Waals surface area contributed by atoms with Crippen molar-refractivity contribution in [3.05, 3.63) is 107 Å². The van der Waals surface area contributed by atoms with E-state index in [9.17, 15) is 18.3 Å². The maximum absolute atomic E-state index is 13.4. The summed E-state index contributed by atoms with van der Waals surface area (Å²) in [5, 5.41) is 14.6. The Labute approximate surface area is 209 Å². The Balaban J connectivity index is 1.69. The van der Waals surface area contributed by atoms with Gasteiger partial charge in [-0.3, -0.25) is 4.98 Å². The monoisotopic (exact) mass is 514 g/mol. The third kappa shape index (κ3) is 4.33. The van der Waals surface area contributed by atoms with Crippen molar-refractivity contribution in [2.24, 2.45) is 0 Å². The molecule has 0 unspecified atom stereocenters. The topological polar surface area (TPSA) is 53.3 Å². The van der Waals surface area contributed by atoms with Gasteiger partial charge >= 0.3 is 6.18 Å². The maximum atomic E-state index is 13.4. The van der Waals surface area contributed by atoms with E-state index < -0.39 is 23.8 Å². The van der Waals surface area contributed by atoms with E-state index in [2.05, 4.69) is 10.3 Å². The number of pyridine rings is 1. The fraction of sp³-hybridized carbons (Fsp3) is 0.120. The molecule has 0 spiro atoms. The van der Waals surface area contributed by atoms with Crippen LogP contribution < -0.4 is 10.2 Å². The summed E-state index contributed by atoms with van der Waals surface area (Å²) in [5.41, 5.74) is 1.29. The number of aromatic nitrogens is 2. The molecular weight excluding hydrogens is 497 g/mol. The minimum atomic E-state index is -4.48. The lowest BCUT2D eigenvalue weighted by atomic mass is 10.0. The molecule has 2 aromatic heterocycles. The summed E-state index contributed by atoms with van der Waals surface area (Å²) < 4.78 is 41.9. The van der Waals surface area contributed by atoms with Gasteiger partial charge in [0.05, 0.1) is 23.0 Å². The van der Waals surface area contributed by atoms with Gasteiger partial charge in [0.15, 0.2) is 5.11 Å². The standard InChI is InChI=1S/C25H18ClF3N4OS/c26-16-9-10-21(34)20(14-16)33-23(22(31-24(33)35)18-7-1-2-11-30-18)19-8-4-12-32(19)17-6-3-5-15(13-17)25(27,28)29/h1-14,22-23,34H,(H,31,35)/t22-,23-/m1/s1. The molecule has 4 aromatic rings. The first-order valence-electron chi connectivity index (χ1n) is 10.6. The Morgan fingerprint density at radius 3 is 2.57 bits per heavy atom. The second-order valence-corrected chi connectivity index (χ2v) is 8.80. The number of rotatable bonds is 4. The van der Waals surface area contributed by atoms with E-state index in [0.717, 1.165) is 12.1 Å². The van der Waals surface area contributed by atoms with Gasteiger partial charge in [-0.15, -0.1) is 0 Å². The van der Waals surface area contributed by atoms with Crippen LogP contribution in [0.25, 0.3) is 5.69 Å². The molecule has 2 N–H and O–H groups in total. The molecule has 0 amide bonds. The van der Waals surface area contributed by atoms with Crippen molar-refractivity contribution >= 4 is 34.6 Å². The molecule has 0 saturated carbocycles. The van der Waals surface area contributed by atoms with Crippen LogP contribution in [-0.2, 0) is 6.18 Å². The summed E-state index contributed by atoms with van der Waals surface area (Å²) >= 11 is 11.9. The van der Waals surface area contributed by atoms with E-state index in [1.807, 2.05) is 18.2 Å². The molecule has 1 aliphatic rings. The highest BCUT2D eigenvalue weighted by Gasteiger charge is 2.43. The summed E-state index contributed by atoms with van der Waals surface area (Å²) in [4.78, 5) is 6.19. The highest BCUT2D eigenvalue weighted by molar-refractivity contribution is 7.80. The van der Waals surface area contributed by atoms with E-state index in [0.29, 0.717) is 32.9 Å². The number of nitrogens with zero attached hydrogens (tertiary/aromatic N) is 3. The SMILES string of the molecule is Oc1ccc(Cl)cc1N1C(=S)N[C@H](c2ccccn2)[C@H]1c1cccn1-c1cccc(C(F)(F)F)c1. The van der Waals surface area contributed by atoms with Crippen LogP contribution >= 0.6 is 23.8 Å². The van der Waals surface area contributed by atoms with Gasteiger partial charge in [-0.2, -0.15) is 13.2 Å². The van der Waals surface area contributed by atoms with Crippen molar-refractivity contribution < 1.29 is 18.3 Å². The van der Waals surface area contributed by atoms with Gasteiger partial charge in [0.1, 0.15) is 11.8 Å². The number of halogens is 4. The Hall–Kier alpha value is -3.56. The number of alkyl halides is 3. The van der Waals surface area contributed by atoms with Crippen LogP contribution in [-0.4, -0.2) is 19.8 Å². The van der Waals surface area contributed by atoms with Crippen molar-refractivity contribution in [2.45, 2.75) is 18.3 Å². The molecular formula is C25H18ClF3N4OS. The normalized spacial score (nSPS) is 18.1. The highest BCUT2D eigenvalue weighted by Crippen LogP contribution is 2.45. The van der Waals surface area contributed by atoms with E-state index in [1.165, 1.54) is 12.1 Å². The molecule has 0 bridgehead atoms. The molecule has 2 aromatic carbocycles. The molecule has 0 radical (unpaired) electrons. The first kappa shape index (κ1) is 23.2. The van der Waals surface area contributed by atoms with Crippen molar-refractivity contribution in [3.63, 3.8) is 0 Å². The van der Waals surface area contributed by atoms with E-state index >= 15 is 0 Å². The van der Waals surface area contributed by atoms with Crippen molar-refractivity contribution in [3.8, 4) is 11.4 Å². The summed E-state index contributed by atoms with van der Waals surface area (Å²) in [6.07, 6.45) is -1.13. The van der Waals surface area contributed by atoms with Crippen LogP contribution in [0.2, 0.25) is 5.02 Å². The third-order valence-corrected chi connectivity index (χ3v) is 6.38. The van der Waals surface area contributed by atoms with Crippen LogP contribution in [0.5, 0.6) is 5.75 Å². The minimum absolute atomic E-state index is 0.0394. The summed E-state index contributed by atoms with van der Waals surface area (Å²) in [5.74, 6) is -0.0394. The molecule has 0 aliphatic carbocycles. The number of hydrogen-bond acceptors (Lipinski definition) is 3. The number of phenols is 1. The van der Waals surface area contributed by atoms with Gasteiger partial charge in [0.25, 0.3) is 0 Å². The smallest absolute Gasteiger partial charge is 0.416 e. The summed E-state index contributed by atoms with van der Waals surface area (Å²) in [7, 11) is 0. The molecule has 1 saturated heterocycles. The average Bonchev–Trinajstić information content (AvgIpc) is 3.45. The number of nitrogens with one attached hydrogen (secondary N) is 1. The van der Waals surface area contributed by atoms with Crippen molar-refractivity contribution in [1.29, 1.82) is 0 Å². The minimum Gasteiger partial charge on any atom is -0.506 e. The lowest BCUT2D eigenvalue weighted by Gasteiger charge is -2.29. The summed E-state index contributed by atoms with van der Waals surface area (Å²) in [6, 6.07) is 17.7. The molecule has 10 heteroatoms. The van der Waals surface area contributed by atoms with Crippen molar-refractivity contribution in [2.75, 3.05) is 4.90 Å². The van der Waals surface area contributed by atoms with E-state index in [1.54, 1.807) is 52.2 Å². The zero-order valence-corrected chi connectivity index (χ0v) is 19.5. The largest absolute Gasteiger partial charge is 0.506 e. The van der Waals surface area contributed by atoms with Crippen LogP contribution in [0.15, 0.2) is 85.2 Å². The number of thiocarbonyl (C=S) groups is 1. The molecule has 178 valence electrons.